The van der Waals surface area contributed by atoms with Crippen LogP contribution in [-0.4, -0.2) is 40.2 Å². The Hall–Kier alpha value is -2.63. The molecule has 0 saturated carbocycles. The molecule has 0 fully saturated rings. The standard InChI is InChI=1S/C22H29N3O3/c1-7-12-24-18(15-10-8-14(2)9-11-15)19(21(27)28-6)25-16(20(24)26)13-17(23-25)22(3,4)5/h8-11,13,18-19H,7,12H2,1-6H3/t18-,19+/m1/s1. The first kappa shape index (κ1) is 20.1. The number of esters is 1. The maximum absolute atomic E-state index is 13.4. The van der Waals surface area contributed by atoms with E-state index in [4.69, 9.17) is 4.74 Å². The maximum atomic E-state index is 13.4. The van der Waals surface area contributed by atoms with Crippen molar-refractivity contribution in [2.75, 3.05) is 13.7 Å². The lowest BCUT2D eigenvalue weighted by atomic mass is 9.91. The van der Waals surface area contributed by atoms with E-state index < -0.39 is 18.1 Å². The molecular formula is C22H29N3O3. The minimum atomic E-state index is -0.719. The van der Waals surface area contributed by atoms with Crippen molar-refractivity contribution in [1.82, 2.24) is 14.7 Å². The average Bonchev–Trinajstić information content (AvgIpc) is 3.10. The number of benzene rings is 1. The Labute approximate surface area is 166 Å². The van der Waals surface area contributed by atoms with E-state index in [1.807, 2.05) is 65.0 Å². The van der Waals surface area contributed by atoms with E-state index in [-0.39, 0.29) is 11.3 Å². The van der Waals surface area contributed by atoms with E-state index in [2.05, 4.69) is 5.10 Å². The van der Waals surface area contributed by atoms with Crippen LogP contribution in [0.4, 0.5) is 0 Å². The van der Waals surface area contributed by atoms with Gasteiger partial charge in [0.2, 0.25) is 0 Å². The molecule has 0 unspecified atom stereocenters. The zero-order valence-electron chi connectivity index (χ0n) is 17.5. The Morgan fingerprint density at radius 2 is 1.86 bits per heavy atom. The summed E-state index contributed by atoms with van der Waals surface area (Å²) in [5.41, 5.74) is 3.02. The van der Waals surface area contributed by atoms with Crippen LogP contribution in [0.2, 0.25) is 0 Å². The van der Waals surface area contributed by atoms with Crippen LogP contribution in [0.3, 0.4) is 0 Å². The van der Waals surface area contributed by atoms with Gasteiger partial charge in [0.05, 0.1) is 18.8 Å². The lowest BCUT2D eigenvalue weighted by Gasteiger charge is -2.40. The number of methoxy groups -OCH3 is 1. The normalized spacial score (nSPS) is 19.5. The molecule has 1 aliphatic rings. The van der Waals surface area contributed by atoms with Crippen LogP contribution in [0.15, 0.2) is 30.3 Å². The molecule has 150 valence electrons. The first-order valence-electron chi connectivity index (χ1n) is 9.74. The number of hydrogen-bond donors (Lipinski definition) is 0. The zero-order chi connectivity index (χ0) is 20.6. The molecule has 6 nitrogen and oxygen atoms in total. The second-order valence-electron chi connectivity index (χ2n) is 8.43. The van der Waals surface area contributed by atoms with Gasteiger partial charge in [-0.05, 0) is 25.0 Å². The van der Waals surface area contributed by atoms with Gasteiger partial charge in [-0.2, -0.15) is 5.10 Å². The van der Waals surface area contributed by atoms with E-state index in [1.165, 1.54) is 7.11 Å². The molecule has 0 spiro atoms. The number of aromatic nitrogens is 2. The predicted octanol–water partition coefficient (Wildman–Crippen LogP) is 3.81. The number of carbonyl (C=O) groups is 2. The monoisotopic (exact) mass is 383 g/mol. The van der Waals surface area contributed by atoms with Gasteiger partial charge in [-0.3, -0.25) is 4.79 Å². The molecule has 2 heterocycles. The van der Waals surface area contributed by atoms with Crippen LogP contribution in [-0.2, 0) is 14.9 Å². The topological polar surface area (TPSA) is 64.4 Å². The van der Waals surface area contributed by atoms with Gasteiger partial charge < -0.3 is 9.64 Å². The van der Waals surface area contributed by atoms with Crippen molar-refractivity contribution in [3.05, 3.63) is 52.8 Å². The van der Waals surface area contributed by atoms with Gasteiger partial charge in [0.25, 0.3) is 5.91 Å². The minimum absolute atomic E-state index is 0.101. The zero-order valence-corrected chi connectivity index (χ0v) is 17.5. The summed E-state index contributed by atoms with van der Waals surface area (Å²) in [7, 11) is 1.38. The van der Waals surface area contributed by atoms with E-state index in [1.54, 1.807) is 9.58 Å². The number of fused-ring (bicyclic) bond motifs is 1. The Bertz CT molecular complexity index is 877. The summed E-state index contributed by atoms with van der Waals surface area (Å²) in [5, 5.41) is 4.68. The van der Waals surface area contributed by atoms with Gasteiger partial charge in [0.15, 0.2) is 6.04 Å². The number of hydrogen-bond acceptors (Lipinski definition) is 4. The fourth-order valence-electron chi connectivity index (χ4n) is 3.67. The van der Waals surface area contributed by atoms with Gasteiger partial charge in [0, 0.05) is 12.0 Å². The molecule has 1 amide bonds. The predicted molar refractivity (Wildman–Crippen MR) is 107 cm³/mol. The number of rotatable bonds is 4. The third kappa shape index (κ3) is 3.43. The first-order valence-corrected chi connectivity index (χ1v) is 9.74. The summed E-state index contributed by atoms with van der Waals surface area (Å²) in [6.07, 6.45) is 0.794. The molecule has 3 rings (SSSR count). The molecule has 2 atom stereocenters. The highest BCUT2D eigenvalue weighted by Gasteiger charge is 2.46. The second kappa shape index (κ2) is 7.41. The highest BCUT2D eigenvalue weighted by atomic mass is 16.5. The molecule has 0 radical (unpaired) electrons. The lowest BCUT2D eigenvalue weighted by Crippen LogP contribution is -2.48. The minimum Gasteiger partial charge on any atom is -0.467 e. The van der Waals surface area contributed by atoms with Gasteiger partial charge in [-0.15, -0.1) is 0 Å². The van der Waals surface area contributed by atoms with E-state index in [0.29, 0.717) is 12.2 Å². The first-order chi connectivity index (χ1) is 13.2. The maximum Gasteiger partial charge on any atom is 0.333 e. The number of carbonyl (C=O) groups excluding carboxylic acids is 2. The van der Waals surface area contributed by atoms with E-state index in [9.17, 15) is 9.59 Å². The Morgan fingerprint density at radius 1 is 1.21 bits per heavy atom. The van der Waals surface area contributed by atoms with Crippen molar-refractivity contribution in [3.8, 4) is 0 Å². The molecular weight excluding hydrogens is 354 g/mol. The second-order valence-corrected chi connectivity index (χ2v) is 8.43. The summed E-state index contributed by atoms with van der Waals surface area (Å²) in [6, 6.07) is 8.58. The van der Waals surface area contributed by atoms with Crippen LogP contribution in [0.5, 0.6) is 0 Å². The van der Waals surface area contributed by atoms with E-state index >= 15 is 0 Å². The van der Waals surface area contributed by atoms with Gasteiger partial charge in [-0.25, -0.2) is 9.48 Å². The number of aryl methyl sites for hydroxylation is 1. The Kier molecular flexibility index (Phi) is 5.33. The van der Waals surface area contributed by atoms with Crippen molar-refractivity contribution in [2.24, 2.45) is 0 Å². The summed E-state index contributed by atoms with van der Waals surface area (Å²) >= 11 is 0. The summed E-state index contributed by atoms with van der Waals surface area (Å²) in [4.78, 5) is 28.0. The van der Waals surface area contributed by atoms with Crippen molar-refractivity contribution in [2.45, 2.75) is 58.5 Å². The SMILES string of the molecule is CCCN1C(=O)c2cc(C(C)(C)C)nn2[C@H](C(=O)OC)[C@H]1c1ccc(C)cc1. The average molecular weight is 383 g/mol. The van der Waals surface area contributed by atoms with Crippen LogP contribution in [0, 0.1) is 6.92 Å². The van der Waals surface area contributed by atoms with Gasteiger partial charge in [0.1, 0.15) is 5.69 Å². The fraction of sp³-hybridized carbons (Fsp3) is 0.500. The van der Waals surface area contributed by atoms with Crippen LogP contribution >= 0.6 is 0 Å². The molecule has 6 heteroatoms. The molecule has 0 bridgehead atoms. The van der Waals surface area contributed by atoms with Gasteiger partial charge in [-0.1, -0.05) is 57.5 Å². The van der Waals surface area contributed by atoms with Crippen molar-refractivity contribution < 1.29 is 14.3 Å². The number of ether oxygens (including phenoxy) is 1. The largest absolute Gasteiger partial charge is 0.467 e. The highest BCUT2D eigenvalue weighted by molar-refractivity contribution is 5.96. The molecule has 0 N–H and O–H groups in total. The van der Waals surface area contributed by atoms with Crippen molar-refractivity contribution in [1.29, 1.82) is 0 Å². The number of nitrogens with zero attached hydrogens (tertiary/aromatic N) is 3. The third-order valence-electron chi connectivity index (χ3n) is 5.21. The molecule has 0 saturated heterocycles. The fourth-order valence-corrected chi connectivity index (χ4v) is 3.67. The van der Waals surface area contributed by atoms with Crippen LogP contribution in [0.1, 0.15) is 73.5 Å². The van der Waals surface area contributed by atoms with Crippen molar-refractivity contribution in [3.63, 3.8) is 0 Å². The molecule has 1 aliphatic heterocycles. The van der Waals surface area contributed by atoms with Crippen molar-refractivity contribution >= 4 is 11.9 Å². The molecule has 1 aromatic carbocycles. The highest BCUT2D eigenvalue weighted by Crippen LogP contribution is 2.40. The Morgan fingerprint density at radius 3 is 2.39 bits per heavy atom. The van der Waals surface area contributed by atoms with Crippen LogP contribution < -0.4 is 0 Å². The van der Waals surface area contributed by atoms with Gasteiger partial charge >= 0.3 is 5.97 Å². The van der Waals surface area contributed by atoms with Crippen LogP contribution in [0.25, 0.3) is 0 Å². The molecule has 2 aromatic rings. The molecule has 1 aromatic heterocycles. The summed E-state index contributed by atoms with van der Waals surface area (Å²) < 4.78 is 6.72. The Balaban J connectivity index is 2.23. The number of amides is 1. The van der Waals surface area contributed by atoms with E-state index in [0.717, 1.165) is 23.2 Å². The lowest BCUT2D eigenvalue weighted by molar-refractivity contribution is -0.147. The summed E-state index contributed by atoms with van der Waals surface area (Å²) in [5.74, 6) is -0.500. The smallest absolute Gasteiger partial charge is 0.333 e. The molecule has 0 aliphatic carbocycles. The summed E-state index contributed by atoms with van der Waals surface area (Å²) in [6.45, 7) is 10.7. The molecule has 28 heavy (non-hydrogen) atoms. The quantitative estimate of drug-likeness (QED) is 0.753. The third-order valence-corrected chi connectivity index (χ3v) is 5.21.